The fraction of sp³-hybridized carbons (Fsp3) is 0.360. The van der Waals surface area contributed by atoms with Crippen LogP contribution in [0.15, 0.2) is 52.7 Å². The Hall–Kier alpha value is -3.26. The van der Waals surface area contributed by atoms with Gasteiger partial charge in [-0.1, -0.05) is 18.6 Å². The molecule has 0 unspecified atom stereocenters. The maximum absolute atomic E-state index is 9.40. The molecule has 0 saturated carbocycles. The van der Waals surface area contributed by atoms with Crippen molar-refractivity contribution in [3.63, 3.8) is 0 Å². The zero-order chi connectivity index (χ0) is 21.7. The molecule has 0 atom stereocenters. The summed E-state index contributed by atoms with van der Waals surface area (Å²) in [5.74, 6) is 0.949. The van der Waals surface area contributed by atoms with Gasteiger partial charge in [0, 0.05) is 25.4 Å². The molecule has 1 aromatic carbocycles. The third-order valence-electron chi connectivity index (χ3n) is 5.58. The van der Waals surface area contributed by atoms with E-state index in [0.29, 0.717) is 5.56 Å². The second-order valence-corrected chi connectivity index (χ2v) is 7.74. The highest BCUT2D eigenvalue weighted by molar-refractivity contribution is 5.98. The van der Waals surface area contributed by atoms with Crippen LogP contribution in [0, 0.1) is 11.3 Å². The SMILES string of the molecule is CCc1nnc2ccc(-c3ccc(C#N)cc3CCCC(C(C)=NC)=C(C)C)cn12. The van der Waals surface area contributed by atoms with E-state index in [4.69, 9.17) is 0 Å². The van der Waals surface area contributed by atoms with Crippen molar-refractivity contribution in [2.24, 2.45) is 4.99 Å². The zero-order valence-electron chi connectivity index (χ0n) is 18.5. The molecule has 0 radical (unpaired) electrons. The van der Waals surface area contributed by atoms with Crippen LogP contribution in [0.2, 0.25) is 0 Å². The predicted octanol–water partition coefficient (Wildman–Crippen LogP) is 5.58. The van der Waals surface area contributed by atoms with E-state index in [9.17, 15) is 5.26 Å². The molecule has 5 nitrogen and oxygen atoms in total. The summed E-state index contributed by atoms with van der Waals surface area (Å²) in [6.07, 6.45) is 5.82. The van der Waals surface area contributed by atoms with Gasteiger partial charge >= 0.3 is 0 Å². The Balaban J connectivity index is 1.94. The molecular formula is C25H29N5. The molecule has 2 heterocycles. The number of aryl methyl sites for hydroxylation is 2. The standard InChI is InChI=1S/C25H29N5/c1-6-24-28-29-25-13-11-21(16-30(24)25)23-12-10-19(15-26)14-20(23)8-7-9-22(17(2)3)18(4)27-5/h10-14,16H,6-9H2,1-5H3. The highest BCUT2D eigenvalue weighted by Gasteiger charge is 2.11. The van der Waals surface area contributed by atoms with Gasteiger partial charge in [0.2, 0.25) is 0 Å². The number of aromatic nitrogens is 3. The van der Waals surface area contributed by atoms with Gasteiger partial charge in [-0.05, 0) is 86.6 Å². The highest BCUT2D eigenvalue weighted by atomic mass is 15.2. The van der Waals surface area contributed by atoms with Crippen LogP contribution < -0.4 is 0 Å². The number of fused-ring (bicyclic) bond motifs is 1. The summed E-state index contributed by atoms with van der Waals surface area (Å²) in [6, 6.07) is 12.4. The summed E-state index contributed by atoms with van der Waals surface area (Å²) in [4.78, 5) is 4.37. The van der Waals surface area contributed by atoms with E-state index < -0.39 is 0 Å². The van der Waals surface area contributed by atoms with Gasteiger partial charge in [-0.25, -0.2) is 0 Å². The van der Waals surface area contributed by atoms with Gasteiger partial charge in [-0.2, -0.15) is 5.26 Å². The van der Waals surface area contributed by atoms with Crippen molar-refractivity contribution in [3.05, 3.63) is 64.6 Å². The fourth-order valence-corrected chi connectivity index (χ4v) is 3.87. The average molecular weight is 400 g/mol. The first-order chi connectivity index (χ1) is 14.5. The van der Waals surface area contributed by atoms with E-state index in [-0.39, 0.29) is 0 Å². The molecule has 154 valence electrons. The fourth-order valence-electron chi connectivity index (χ4n) is 3.87. The Morgan fingerprint density at radius 2 is 1.93 bits per heavy atom. The minimum absolute atomic E-state index is 0.696. The maximum Gasteiger partial charge on any atom is 0.160 e. The lowest BCUT2D eigenvalue weighted by molar-refractivity contribution is 0.822. The molecule has 0 N–H and O–H groups in total. The Morgan fingerprint density at radius 1 is 1.13 bits per heavy atom. The number of rotatable bonds is 7. The van der Waals surface area contributed by atoms with Gasteiger partial charge in [0.1, 0.15) is 5.82 Å². The molecule has 3 rings (SSSR count). The Kier molecular flexibility index (Phi) is 6.79. The quantitative estimate of drug-likeness (QED) is 0.487. The number of allylic oxidation sites excluding steroid dienone is 2. The van der Waals surface area contributed by atoms with Crippen LogP contribution in [-0.2, 0) is 12.8 Å². The second-order valence-electron chi connectivity index (χ2n) is 7.74. The lowest BCUT2D eigenvalue weighted by Gasteiger charge is -2.13. The molecule has 0 fully saturated rings. The van der Waals surface area contributed by atoms with Crippen LogP contribution in [0.1, 0.15) is 57.5 Å². The number of nitrogens with zero attached hydrogens (tertiary/aromatic N) is 5. The smallest absolute Gasteiger partial charge is 0.160 e. The van der Waals surface area contributed by atoms with E-state index >= 15 is 0 Å². The molecule has 0 spiro atoms. The molecule has 0 aliphatic rings. The molecule has 3 aromatic rings. The molecule has 0 saturated heterocycles. The average Bonchev–Trinajstić information content (AvgIpc) is 3.18. The van der Waals surface area contributed by atoms with E-state index in [0.717, 1.165) is 54.0 Å². The van der Waals surface area contributed by atoms with Crippen LogP contribution in [0.5, 0.6) is 0 Å². The second kappa shape index (κ2) is 9.49. The highest BCUT2D eigenvalue weighted by Crippen LogP contribution is 2.28. The Morgan fingerprint density at radius 3 is 2.60 bits per heavy atom. The van der Waals surface area contributed by atoms with Crippen molar-refractivity contribution in [3.8, 4) is 17.2 Å². The summed E-state index contributed by atoms with van der Waals surface area (Å²) in [5, 5.41) is 17.9. The monoisotopic (exact) mass is 399 g/mol. The third kappa shape index (κ3) is 4.49. The number of pyridine rings is 1. The lowest BCUT2D eigenvalue weighted by Crippen LogP contribution is -2.02. The van der Waals surface area contributed by atoms with Crippen molar-refractivity contribution in [1.82, 2.24) is 14.6 Å². The predicted molar refractivity (Wildman–Crippen MR) is 123 cm³/mol. The van der Waals surface area contributed by atoms with Crippen LogP contribution in [0.4, 0.5) is 0 Å². The number of hydrogen-bond acceptors (Lipinski definition) is 4. The van der Waals surface area contributed by atoms with Gasteiger partial charge in [-0.3, -0.25) is 9.39 Å². The molecule has 0 amide bonds. The molecule has 2 aromatic heterocycles. The number of benzene rings is 1. The van der Waals surface area contributed by atoms with Crippen molar-refractivity contribution >= 4 is 11.4 Å². The summed E-state index contributed by atoms with van der Waals surface area (Å²) >= 11 is 0. The van der Waals surface area contributed by atoms with Gasteiger partial charge in [-0.15, -0.1) is 10.2 Å². The molecule has 0 bridgehead atoms. The Labute approximate surface area is 178 Å². The first-order valence-electron chi connectivity index (χ1n) is 10.5. The molecule has 0 aliphatic carbocycles. The molecular weight excluding hydrogens is 370 g/mol. The number of hydrogen-bond donors (Lipinski definition) is 0. The van der Waals surface area contributed by atoms with E-state index in [1.807, 2.05) is 25.2 Å². The zero-order valence-corrected chi connectivity index (χ0v) is 18.5. The summed E-state index contributed by atoms with van der Waals surface area (Å²) in [5.41, 5.74) is 8.76. The van der Waals surface area contributed by atoms with Crippen LogP contribution in [0.3, 0.4) is 0 Å². The summed E-state index contributed by atoms with van der Waals surface area (Å²) in [6.45, 7) is 8.44. The van der Waals surface area contributed by atoms with Crippen molar-refractivity contribution < 1.29 is 0 Å². The van der Waals surface area contributed by atoms with Crippen molar-refractivity contribution in [2.75, 3.05) is 7.05 Å². The lowest BCUT2D eigenvalue weighted by atomic mass is 9.93. The van der Waals surface area contributed by atoms with Crippen LogP contribution >= 0.6 is 0 Å². The van der Waals surface area contributed by atoms with Gasteiger partial charge in [0.05, 0.1) is 11.6 Å². The summed E-state index contributed by atoms with van der Waals surface area (Å²) in [7, 11) is 1.85. The Bertz CT molecular complexity index is 1150. The minimum atomic E-state index is 0.696. The maximum atomic E-state index is 9.40. The number of nitriles is 1. The van der Waals surface area contributed by atoms with E-state index in [1.54, 1.807) is 0 Å². The first-order valence-corrected chi connectivity index (χ1v) is 10.5. The normalized spacial score (nSPS) is 11.5. The van der Waals surface area contributed by atoms with E-state index in [2.05, 4.69) is 71.7 Å². The largest absolute Gasteiger partial charge is 0.293 e. The third-order valence-corrected chi connectivity index (χ3v) is 5.58. The van der Waals surface area contributed by atoms with Gasteiger partial charge in [0.25, 0.3) is 0 Å². The molecule has 0 aliphatic heterocycles. The van der Waals surface area contributed by atoms with Crippen molar-refractivity contribution in [1.29, 1.82) is 5.26 Å². The first kappa shape index (κ1) is 21.4. The molecule has 30 heavy (non-hydrogen) atoms. The molecule has 5 heteroatoms. The topological polar surface area (TPSA) is 66.3 Å². The van der Waals surface area contributed by atoms with E-state index in [1.165, 1.54) is 16.7 Å². The van der Waals surface area contributed by atoms with Crippen LogP contribution in [-0.4, -0.2) is 27.4 Å². The van der Waals surface area contributed by atoms with Gasteiger partial charge in [0.15, 0.2) is 5.65 Å². The van der Waals surface area contributed by atoms with Gasteiger partial charge < -0.3 is 0 Å². The minimum Gasteiger partial charge on any atom is -0.293 e. The van der Waals surface area contributed by atoms with Crippen molar-refractivity contribution in [2.45, 2.75) is 53.4 Å². The van der Waals surface area contributed by atoms with Crippen LogP contribution in [0.25, 0.3) is 16.8 Å². The number of aliphatic imine (C=N–C) groups is 1. The summed E-state index contributed by atoms with van der Waals surface area (Å²) < 4.78 is 2.06.